The number of ether oxygens (including phenoxy) is 1. The number of H-pyrrole nitrogens is 1. The van der Waals surface area contributed by atoms with E-state index in [1.54, 1.807) is 18.4 Å². The Morgan fingerprint density at radius 3 is 2.90 bits per heavy atom. The van der Waals surface area contributed by atoms with Gasteiger partial charge in [-0.2, -0.15) is 0 Å². The summed E-state index contributed by atoms with van der Waals surface area (Å²) in [6, 6.07) is 15.5. The van der Waals surface area contributed by atoms with E-state index in [0.29, 0.717) is 12.1 Å². The van der Waals surface area contributed by atoms with E-state index in [1.807, 2.05) is 71.7 Å². The number of nitrogens with one attached hydrogen (secondary N) is 2. The van der Waals surface area contributed by atoms with Crippen molar-refractivity contribution in [1.82, 2.24) is 19.9 Å². The molecule has 0 atom stereocenters. The van der Waals surface area contributed by atoms with Gasteiger partial charge in [-0.05, 0) is 54.4 Å². The zero-order valence-corrected chi connectivity index (χ0v) is 17.2. The van der Waals surface area contributed by atoms with Crippen LogP contribution in [0.25, 0.3) is 26.3 Å². The van der Waals surface area contributed by atoms with Gasteiger partial charge in [-0.15, -0.1) is 0 Å². The summed E-state index contributed by atoms with van der Waals surface area (Å²) in [5.41, 5.74) is 3.75. The molecule has 0 spiro atoms. The number of aromatic nitrogens is 3. The van der Waals surface area contributed by atoms with Crippen molar-refractivity contribution in [3.05, 3.63) is 78.2 Å². The predicted octanol–water partition coefficient (Wildman–Crippen LogP) is 4.55. The minimum atomic E-state index is -0.0747. The van der Waals surface area contributed by atoms with Gasteiger partial charge in [0.15, 0.2) is 5.13 Å². The standard InChI is InChI=1S/C23H20N4O2S/c1-29-17-5-6-18-16(14-25-20(18)13-17)8-9-24-22(28)15-4-7-19-21(12-15)30-23(26-19)27-10-2-3-11-27/h2-7,10-14,25H,8-9H2,1H3,(H,24,28). The molecule has 6 nitrogen and oxygen atoms in total. The molecule has 0 unspecified atom stereocenters. The van der Waals surface area contributed by atoms with E-state index in [4.69, 9.17) is 4.74 Å². The fraction of sp³-hybridized carbons (Fsp3) is 0.130. The fourth-order valence-electron chi connectivity index (χ4n) is 3.54. The van der Waals surface area contributed by atoms with E-state index in [0.717, 1.165) is 38.4 Å². The van der Waals surface area contributed by atoms with Gasteiger partial charge >= 0.3 is 0 Å². The minimum Gasteiger partial charge on any atom is -0.497 e. The van der Waals surface area contributed by atoms with Gasteiger partial charge in [-0.1, -0.05) is 11.3 Å². The summed E-state index contributed by atoms with van der Waals surface area (Å²) in [5, 5.41) is 5.06. The first-order chi connectivity index (χ1) is 14.7. The Kier molecular flexibility index (Phi) is 4.72. The number of hydrogen-bond acceptors (Lipinski definition) is 4. The van der Waals surface area contributed by atoms with Gasteiger partial charge in [0, 0.05) is 47.7 Å². The van der Waals surface area contributed by atoms with Crippen LogP contribution in [-0.4, -0.2) is 34.1 Å². The molecule has 30 heavy (non-hydrogen) atoms. The molecule has 2 aromatic carbocycles. The van der Waals surface area contributed by atoms with Crippen LogP contribution in [0.4, 0.5) is 0 Å². The average molecular weight is 417 g/mol. The van der Waals surface area contributed by atoms with Crippen molar-refractivity contribution in [1.29, 1.82) is 0 Å². The maximum absolute atomic E-state index is 12.6. The third-order valence-electron chi connectivity index (χ3n) is 5.12. The Labute approximate surface area is 177 Å². The molecule has 0 saturated carbocycles. The molecular weight excluding hydrogens is 396 g/mol. The maximum atomic E-state index is 12.6. The number of benzene rings is 2. The largest absolute Gasteiger partial charge is 0.497 e. The summed E-state index contributed by atoms with van der Waals surface area (Å²) in [5.74, 6) is 0.747. The SMILES string of the molecule is COc1ccc2c(CCNC(=O)c3ccc4nc(-n5cccc5)sc4c3)c[nH]c2c1. The number of amides is 1. The minimum absolute atomic E-state index is 0.0747. The molecule has 150 valence electrons. The highest BCUT2D eigenvalue weighted by atomic mass is 32.1. The second-order valence-electron chi connectivity index (χ2n) is 7.00. The molecule has 3 heterocycles. The van der Waals surface area contributed by atoms with Crippen LogP contribution in [0.1, 0.15) is 15.9 Å². The molecule has 5 aromatic rings. The van der Waals surface area contributed by atoms with Crippen molar-refractivity contribution >= 4 is 38.4 Å². The Morgan fingerprint density at radius 1 is 1.20 bits per heavy atom. The normalized spacial score (nSPS) is 11.2. The lowest BCUT2D eigenvalue weighted by atomic mass is 10.1. The molecule has 5 rings (SSSR count). The van der Waals surface area contributed by atoms with Crippen LogP contribution in [0.5, 0.6) is 5.75 Å². The molecule has 0 aliphatic rings. The van der Waals surface area contributed by atoms with E-state index >= 15 is 0 Å². The summed E-state index contributed by atoms with van der Waals surface area (Å²) in [7, 11) is 1.66. The zero-order valence-electron chi connectivity index (χ0n) is 16.4. The predicted molar refractivity (Wildman–Crippen MR) is 120 cm³/mol. The Morgan fingerprint density at radius 2 is 2.07 bits per heavy atom. The van der Waals surface area contributed by atoms with Gasteiger partial charge in [0.05, 0.1) is 17.3 Å². The molecule has 1 amide bonds. The van der Waals surface area contributed by atoms with Gasteiger partial charge < -0.3 is 19.6 Å². The van der Waals surface area contributed by atoms with Crippen LogP contribution in [0.15, 0.2) is 67.1 Å². The number of hydrogen-bond donors (Lipinski definition) is 2. The van der Waals surface area contributed by atoms with Gasteiger partial charge in [-0.3, -0.25) is 4.79 Å². The number of fused-ring (bicyclic) bond motifs is 2. The molecule has 0 saturated heterocycles. The number of carbonyl (C=O) groups excluding carboxylic acids is 1. The summed E-state index contributed by atoms with van der Waals surface area (Å²) >= 11 is 1.57. The van der Waals surface area contributed by atoms with Crippen molar-refractivity contribution in [2.45, 2.75) is 6.42 Å². The summed E-state index contributed by atoms with van der Waals surface area (Å²) in [6.45, 7) is 0.563. The van der Waals surface area contributed by atoms with Crippen LogP contribution >= 0.6 is 11.3 Å². The molecule has 0 aliphatic heterocycles. The number of nitrogens with zero attached hydrogens (tertiary/aromatic N) is 2. The van der Waals surface area contributed by atoms with E-state index in [2.05, 4.69) is 15.3 Å². The third kappa shape index (κ3) is 3.44. The fourth-order valence-corrected chi connectivity index (χ4v) is 4.51. The van der Waals surface area contributed by atoms with Crippen molar-refractivity contribution < 1.29 is 9.53 Å². The number of methoxy groups -OCH3 is 1. The summed E-state index contributed by atoms with van der Waals surface area (Å²) < 4.78 is 8.23. The van der Waals surface area contributed by atoms with Crippen molar-refractivity contribution in [3.8, 4) is 10.9 Å². The highest BCUT2D eigenvalue weighted by Gasteiger charge is 2.11. The van der Waals surface area contributed by atoms with Gasteiger partial charge in [0.25, 0.3) is 5.91 Å². The lowest BCUT2D eigenvalue weighted by Gasteiger charge is -2.05. The first kappa shape index (κ1) is 18.4. The lowest BCUT2D eigenvalue weighted by molar-refractivity contribution is 0.0954. The number of rotatable bonds is 6. The molecule has 0 aliphatic carbocycles. The zero-order chi connectivity index (χ0) is 20.5. The van der Waals surface area contributed by atoms with Crippen molar-refractivity contribution in [3.63, 3.8) is 0 Å². The topological polar surface area (TPSA) is 71.9 Å². The molecule has 3 aromatic heterocycles. The van der Waals surface area contributed by atoms with Gasteiger partial charge in [0.2, 0.25) is 0 Å². The highest BCUT2D eigenvalue weighted by Crippen LogP contribution is 2.26. The lowest BCUT2D eigenvalue weighted by Crippen LogP contribution is -2.25. The Balaban J connectivity index is 1.27. The molecule has 7 heteroatoms. The van der Waals surface area contributed by atoms with E-state index in [1.165, 1.54) is 5.56 Å². The first-order valence-electron chi connectivity index (χ1n) is 9.67. The van der Waals surface area contributed by atoms with Crippen LogP contribution < -0.4 is 10.1 Å². The summed E-state index contributed by atoms with van der Waals surface area (Å²) in [6.07, 6.45) is 6.67. The smallest absolute Gasteiger partial charge is 0.251 e. The first-order valence-corrected chi connectivity index (χ1v) is 10.5. The monoisotopic (exact) mass is 416 g/mol. The van der Waals surface area contributed by atoms with Gasteiger partial charge in [0.1, 0.15) is 5.75 Å². The molecule has 0 fully saturated rings. The maximum Gasteiger partial charge on any atom is 0.251 e. The van der Waals surface area contributed by atoms with Crippen LogP contribution in [-0.2, 0) is 6.42 Å². The molecule has 2 N–H and O–H groups in total. The van der Waals surface area contributed by atoms with E-state index in [-0.39, 0.29) is 5.91 Å². The van der Waals surface area contributed by atoms with E-state index < -0.39 is 0 Å². The number of thiazole rings is 1. The van der Waals surface area contributed by atoms with Crippen LogP contribution in [0, 0.1) is 0 Å². The highest BCUT2D eigenvalue weighted by molar-refractivity contribution is 7.20. The molecular formula is C23H20N4O2S. The number of carbonyl (C=O) groups is 1. The van der Waals surface area contributed by atoms with Crippen molar-refractivity contribution in [2.24, 2.45) is 0 Å². The van der Waals surface area contributed by atoms with E-state index in [9.17, 15) is 4.79 Å². The van der Waals surface area contributed by atoms with Gasteiger partial charge in [-0.25, -0.2) is 4.98 Å². The Bertz CT molecular complexity index is 1330. The molecule has 0 radical (unpaired) electrons. The quantitative estimate of drug-likeness (QED) is 0.427. The van der Waals surface area contributed by atoms with Crippen LogP contribution in [0.3, 0.4) is 0 Å². The second kappa shape index (κ2) is 7.68. The second-order valence-corrected chi connectivity index (χ2v) is 8.01. The third-order valence-corrected chi connectivity index (χ3v) is 6.15. The Hall–Kier alpha value is -3.58. The van der Waals surface area contributed by atoms with Crippen molar-refractivity contribution in [2.75, 3.05) is 13.7 Å². The average Bonchev–Trinajstić information content (AvgIpc) is 3.51. The van der Waals surface area contributed by atoms with Crippen LogP contribution in [0.2, 0.25) is 0 Å². The summed E-state index contributed by atoms with van der Waals surface area (Å²) in [4.78, 5) is 20.5. The molecule has 0 bridgehead atoms. The number of aromatic amines is 1.